The lowest BCUT2D eigenvalue weighted by molar-refractivity contribution is -0.134. The summed E-state index contributed by atoms with van der Waals surface area (Å²) >= 11 is 1.61. The number of likely N-dealkylation sites (tertiary alicyclic amines) is 1. The second-order valence-electron chi connectivity index (χ2n) is 5.90. The van der Waals surface area contributed by atoms with Gasteiger partial charge in [0.2, 0.25) is 5.91 Å². The minimum Gasteiger partial charge on any atom is -0.462 e. The van der Waals surface area contributed by atoms with Gasteiger partial charge in [0.1, 0.15) is 0 Å². The van der Waals surface area contributed by atoms with E-state index < -0.39 is 0 Å². The second-order valence-corrected chi connectivity index (χ2v) is 6.76. The number of amides is 1. The molecule has 5 nitrogen and oxygen atoms in total. The molecule has 2 aromatic heterocycles. The number of furan rings is 1. The first-order chi connectivity index (χ1) is 10.6. The van der Waals surface area contributed by atoms with Gasteiger partial charge in [-0.2, -0.15) is 0 Å². The molecule has 1 aliphatic heterocycles. The van der Waals surface area contributed by atoms with Gasteiger partial charge in [-0.1, -0.05) is 0 Å². The molecule has 0 unspecified atom stereocenters. The van der Waals surface area contributed by atoms with Crippen LogP contribution in [0.3, 0.4) is 0 Å². The van der Waals surface area contributed by atoms with Crippen molar-refractivity contribution >= 4 is 17.2 Å². The van der Waals surface area contributed by atoms with Gasteiger partial charge in [0.25, 0.3) is 0 Å². The molecule has 2 aromatic rings. The normalized spacial score (nSPS) is 16.8. The highest BCUT2D eigenvalue weighted by Crippen LogP contribution is 2.26. The Balaban J connectivity index is 1.54. The maximum Gasteiger partial charge on any atom is 0.225 e. The summed E-state index contributed by atoms with van der Waals surface area (Å²) in [7, 11) is 3.67. The molecule has 0 atom stereocenters. The monoisotopic (exact) mass is 319 g/mol. The molecule has 0 bridgehead atoms. The third kappa shape index (κ3) is 3.39. The Morgan fingerprint density at radius 3 is 2.86 bits per heavy atom. The van der Waals surface area contributed by atoms with Crippen molar-refractivity contribution in [2.45, 2.75) is 19.4 Å². The number of carbonyl (C=O) groups is 1. The number of carbonyl (C=O) groups excluding carboxylic acids is 1. The number of nitrogens with zero attached hydrogens (tertiary/aromatic N) is 3. The van der Waals surface area contributed by atoms with Gasteiger partial charge in [0.15, 0.2) is 10.8 Å². The van der Waals surface area contributed by atoms with Gasteiger partial charge in [-0.15, -0.1) is 11.3 Å². The van der Waals surface area contributed by atoms with Crippen LogP contribution in [-0.4, -0.2) is 47.9 Å². The first-order valence-corrected chi connectivity index (χ1v) is 8.43. The van der Waals surface area contributed by atoms with Crippen molar-refractivity contribution in [3.63, 3.8) is 0 Å². The number of thiazole rings is 1. The molecule has 6 heteroatoms. The summed E-state index contributed by atoms with van der Waals surface area (Å²) in [5, 5.41) is 3.02. The Kier molecular flexibility index (Phi) is 4.59. The van der Waals surface area contributed by atoms with Gasteiger partial charge in [0.05, 0.1) is 12.0 Å². The fraction of sp³-hybridized carbons (Fsp3) is 0.500. The lowest BCUT2D eigenvalue weighted by Gasteiger charge is -2.31. The predicted octanol–water partition coefficient (Wildman–Crippen LogP) is 2.70. The molecule has 0 spiro atoms. The van der Waals surface area contributed by atoms with E-state index in [2.05, 4.69) is 15.3 Å². The second kappa shape index (κ2) is 6.62. The molecule has 1 amide bonds. The van der Waals surface area contributed by atoms with Crippen molar-refractivity contribution in [2.24, 2.45) is 5.92 Å². The SMILES string of the molecule is CN(C)C(=O)C1CCN(Cc2csc(-c3ccco3)n2)CC1. The summed E-state index contributed by atoms with van der Waals surface area (Å²) < 4.78 is 5.38. The largest absolute Gasteiger partial charge is 0.462 e. The van der Waals surface area contributed by atoms with Crippen LogP contribution in [0.2, 0.25) is 0 Å². The maximum absolute atomic E-state index is 12.0. The molecule has 0 saturated carbocycles. The molecule has 1 fully saturated rings. The van der Waals surface area contributed by atoms with Crippen LogP contribution in [0, 0.1) is 5.92 Å². The Labute approximate surface area is 134 Å². The van der Waals surface area contributed by atoms with E-state index in [9.17, 15) is 4.79 Å². The number of hydrogen-bond donors (Lipinski definition) is 0. The number of hydrogen-bond acceptors (Lipinski definition) is 5. The van der Waals surface area contributed by atoms with Crippen LogP contribution in [0.4, 0.5) is 0 Å². The van der Waals surface area contributed by atoms with Crippen molar-refractivity contribution in [1.82, 2.24) is 14.8 Å². The average molecular weight is 319 g/mol. The zero-order chi connectivity index (χ0) is 15.5. The van der Waals surface area contributed by atoms with E-state index in [0.717, 1.165) is 48.9 Å². The predicted molar refractivity (Wildman–Crippen MR) is 86.5 cm³/mol. The van der Waals surface area contributed by atoms with E-state index in [1.165, 1.54) is 0 Å². The molecule has 1 aliphatic rings. The smallest absolute Gasteiger partial charge is 0.225 e. The van der Waals surface area contributed by atoms with E-state index in [4.69, 9.17) is 4.42 Å². The van der Waals surface area contributed by atoms with Gasteiger partial charge < -0.3 is 9.32 Å². The van der Waals surface area contributed by atoms with Gasteiger partial charge >= 0.3 is 0 Å². The third-order valence-corrected chi connectivity index (χ3v) is 4.95. The van der Waals surface area contributed by atoms with Crippen LogP contribution < -0.4 is 0 Å². The molecule has 0 aromatic carbocycles. The molecular formula is C16H21N3O2S. The standard InChI is InChI=1S/C16H21N3O2S/c1-18(2)16(20)12-5-7-19(8-6-12)10-13-11-22-15(17-13)14-4-3-9-21-14/h3-4,9,11-12H,5-8,10H2,1-2H3. The minimum absolute atomic E-state index is 0.181. The van der Waals surface area contributed by atoms with E-state index in [-0.39, 0.29) is 11.8 Å². The van der Waals surface area contributed by atoms with Crippen LogP contribution in [-0.2, 0) is 11.3 Å². The highest BCUT2D eigenvalue weighted by molar-refractivity contribution is 7.13. The molecule has 0 aliphatic carbocycles. The van der Waals surface area contributed by atoms with Gasteiger partial charge in [0, 0.05) is 31.9 Å². The molecule has 3 heterocycles. The first kappa shape index (κ1) is 15.2. The lowest BCUT2D eigenvalue weighted by atomic mass is 9.95. The zero-order valence-corrected chi connectivity index (χ0v) is 13.8. The number of rotatable bonds is 4. The van der Waals surface area contributed by atoms with Crippen molar-refractivity contribution in [3.05, 3.63) is 29.5 Å². The third-order valence-electron chi connectivity index (χ3n) is 4.05. The highest BCUT2D eigenvalue weighted by atomic mass is 32.1. The summed E-state index contributed by atoms with van der Waals surface area (Å²) in [6.45, 7) is 2.76. The first-order valence-electron chi connectivity index (χ1n) is 7.55. The topological polar surface area (TPSA) is 49.6 Å². The molecule has 22 heavy (non-hydrogen) atoms. The Hall–Kier alpha value is -1.66. The van der Waals surface area contributed by atoms with Gasteiger partial charge in [-0.05, 0) is 38.1 Å². The summed E-state index contributed by atoms with van der Waals surface area (Å²) in [6.07, 6.45) is 3.54. The summed E-state index contributed by atoms with van der Waals surface area (Å²) in [4.78, 5) is 20.7. The average Bonchev–Trinajstić information content (AvgIpc) is 3.18. The molecule has 0 N–H and O–H groups in total. The highest BCUT2D eigenvalue weighted by Gasteiger charge is 2.26. The molecule has 3 rings (SSSR count). The fourth-order valence-corrected chi connectivity index (χ4v) is 3.60. The Morgan fingerprint density at radius 2 is 2.23 bits per heavy atom. The number of aromatic nitrogens is 1. The van der Waals surface area contributed by atoms with Crippen molar-refractivity contribution in [2.75, 3.05) is 27.2 Å². The van der Waals surface area contributed by atoms with Gasteiger partial charge in [-0.3, -0.25) is 9.69 Å². The lowest BCUT2D eigenvalue weighted by Crippen LogP contribution is -2.39. The molecule has 118 valence electrons. The van der Waals surface area contributed by atoms with Crippen molar-refractivity contribution < 1.29 is 9.21 Å². The van der Waals surface area contributed by atoms with E-state index in [1.807, 2.05) is 26.2 Å². The Bertz CT molecular complexity index is 613. The van der Waals surface area contributed by atoms with E-state index >= 15 is 0 Å². The molecular weight excluding hydrogens is 298 g/mol. The van der Waals surface area contributed by atoms with Crippen LogP contribution in [0.1, 0.15) is 18.5 Å². The molecule has 1 saturated heterocycles. The minimum atomic E-state index is 0.181. The molecule has 0 radical (unpaired) electrons. The van der Waals surface area contributed by atoms with Crippen LogP contribution in [0.5, 0.6) is 0 Å². The summed E-state index contributed by atoms with van der Waals surface area (Å²) in [5.41, 5.74) is 1.08. The number of piperidine rings is 1. The van der Waals surface area contributed by atoms with Crippen LogP contribution in [0.15, 0.2) is 28.2 Å². The fourth-order valence-electron chi connectivity index (χ4n) is 2.83. The summed E-state index contributed by atoms with van der Waals surface area (Å²) in [5.74, 6) is 1.26. The van der Waals surface area contributed by atoms with Crippen molar-refractivity contribution in [1.29, 1.82) is 0 Å². The summed E-state index contributed by atoms with van der Waals surface area (Å²) in [6, 6.07) is 3.81. The Morgan fingerprint density at radius 1 is 1.45 bits per heavy atom. The van der Waals surface area contributed by atoms with Crippen LogP contribution in [0.25, 0.3) is 10.8 Å². The maximum atomic E-state index is 12.0. The van der Waals surface area contributed by atoms with Crippen LogP contribution >= 0.6 is 11.3 Å². The quantitative estimate of drug-likeness (QED) is 0.869. The van der Waals surface area contributed by atoms with E-state index in [1.54, 1.807) is 22.5 Å². The van der Waals surface area contributed by atoms with Crippen molar-refractivity contribution in [3.8, 4) is 10.8 Å². The van der Waals surface area contributed by atoms with E-state index in [0.29, 0.717) is 0 Å². The zero-order valence-electron chi connectivity index (χ0n) is 13.0. The van der Waals surface area contributed by atoms with Gasteiger partial charge in [-0.25, -0.2) is 4.98 Å².